The Balaban J connectivity index is 1.41. The van der Waals surface area contributed by atoms with Crippen molar-refractivity contribution < 1.29 is 13.2 Å². The standard InChI is InChI=1S/C21H23BrN4O3S/c1-15-8-10-25-14-18(24-20(25)11-15)12-23-21(27)16-3-2-9-26(13-16)30(28,29)19-6-4-17(22)5-7-19/h4-8,10-11,14,16H,2-3,9,12-13H2,1H3,(H,23,27). The second-order valence-corrected chi connectivity index (χ2v) is 10.4. The number of nitrogens with zero attached hydrogens (tertiary/aromatic N) is 3. The van der Waals surface area contributed by atoms with Crippen molar-refractivity contribution in [3.8, 4) is 0 Å². The lowest BCUT2D eigenvalue weighted by molar-refractivity contribution is -0.126. The van der Waals surface area contributed by atoms with Crippen LogP contribution in [0.1, 0.15) is 24.1 Å². The van der Waals surface area contributed by atoms with Crippen LogP contribution in [0, 0.1) is 12.8 Å². The average molecular weight is 491 g/mol. The number of sulfonamides is 1. The van der Waals surface area contributed by atoms with Crippen LogP contribution in [0.2, 0.25) is 0 Å². The molecular formula is C21H23BrN4O3S. The quantitative estimate of drug-likeness (QED) is 0.595. The number of aryl methyl sites for hydroxylation is 1. The number of carbonyl (C=O) groups excluding carboxylic acids is 1. The summed E-state index contributed by atoms with van der Waals surface area (Å²) >= 11 is 3.32. The molecule has 9 heteroatoms. The van der Waals surface area contributed by atoms with Gasteiger partial charge in [0.15, 0.2) is 0 Å². The molecule has 1 atom stereocenters. The minimum atomic E-state index is -3.62. The van der Waals surface area contributed by atoms with Gasteiger partial charge in [-0.1, -0.05) is 15.9 Å². The van der Waals surface area contributed by atoms with Crippen LogP contribution >= 0.6 is 15.9 Å². The Morgan fingerprint density at radius 2 is 2.03 bits per heavy atom. The summed E-state index contributed by atoms with van der Waals surface area (Å²) in [7, 11) is -3.62. The van der Waals surface area contributed by atoms with E-state index in [1.807, 2.05) is 35.9 Å². The van der Waals surface area contributed by atoms with E-state index in [1.54, 1.807) is 24.3 Å². The number of hydrogen-bond donors (Lipinski definition) is 1. The maximum absolute atomic E-state index is 12.9. The monoisotopic (exact) mass is 490 g/mol. The Morgan fingerprint density at radius 1 is 1.27 bits per heavy atom. The summed E-state index contributed by atoms with van der Waals surface area (Å²) < 4.78 is 30.0. The van der Waals surface area contributed by atoms with Crippen LogP contribution in [0.4, 0.5) is 0 Å². The number of aromatic nitrogens is 2. The fraction of sp³-hybridized carbons (Fsp3) is 0.333. The van der Waals surface area contributed by atoms with Gasteiger partial charge < -0.3 is 9.72 Å². The number of imidazole rings is 1. The fourth-order valence-electron chi connectivity index (χ4n) is 3.67. The molecule has 1 aliphatic rings. The minimum Gasteiger partial charge on any atom is -0.350 e. The molecular weight excluding hydrogens is 468 g/mol. The summed E-state index contributed by atoms with van der Waals surface area (Å²) in [4.78, 5) is 17.5. The molecule has 1 amide bonds. The highest BCUT2D eigenvalue weighted by Gasteiger charge is 2.33. The first-order valence-electron chi connectivity index (χ1n) is 9.80. The van der Waals surface area contributed by atoms with E-state index in [1.165, 1.54) is 4.31 Å². The normalized spacial score (nSPS) is 17.9. The Labute approximate surface area is 184 Å². The first-order valence-corrected chi connectivity index (χ1v) is 12.0. The summed E-state index contributed by atoms with van der Waals surface area (Å²) in [6.07, 6.45) is 5.15. The molecule has 0 bridgehead atoms. The van der Waals surface area contributed by atoms with Crippen LogP contribution in [-0.2, 0) is 21.4 Å². The van der Waals surface area contributed by atoms with Gasteiger partial charge in [-0.2, -0.15) is 4.31 Å². The number of carbonyl (C=O) groups is 1. The van der Waals surface area contributed by atoms with E-state index in [0.717, 1.165) is 21.4 Å². The van der Waals surface area contributed by atoms with Gasteiger partial charge in [0.05, 0.1) is 23.1 Å². The molecule has 0 aliphatic carbocycles. The Kier molecular flexibility index (Phi) is 5.95. The van der Waals surface area contributed by atoms with E-state index in [0.29, 0.717) is 25.9 Å². The molecule has 4 rings (SSSR count). The summed E-state index contributed by atoms with van der Waals surface area (Å²) in [6.45, 7) is 2.94. The number of amides is 1. The molecule has 0 saturated carbocycles. The summed E-state index contributed by atoms with van der Waals surface area (Å²) in [6, 6.07) is 10.5. The fourth-order valence-corrected chi connectivity index (χ4v) is 5.46. The lowest BCUT2D eigenvalue weighted by Crippen LogP contribution is -2.45. The van der Waals surface area contributed by atoms with Crippen molar-refractivity contribution in [1.29, 1.82) is 0 Å². The number of rotatable bonds is 5. The van der Waals surface area contributed by atoms with Gasteiger partial charge in [0.2, 0.25) is 15.9 Å². The second kappa shape index (κ2) is 8.49. The number of halogens is 1. The van der Waals surface area contributed by atoms with E-state index in [2.05, 4.69) is 26.2 Å². The van der Waals surface area contributed by atoms with Gasteiger partial charge in [-0.05, 0) is 61.7 Å². The molecule has 7 nitrogen and oxygen atoms in total. The van der Waals surface area contributed by atoms with Crippen LogP contribution < -0.4 is 5.32 Å². The Morgan fingerprint density at radius 3 is 2.80 bits per heavy atom. The molecule has 3 aromatic rings. The summed E-state index contributed by atoms with van der Waals surface area (Å²) in [5.41, 5.74) is 2.73. The highest BCUT2D eigenvalue weighted by atomic mass is 79.9. The van der Waals surface area contributed by atoms with Gasteiger partial charge in [0.1, 0.15) is 5.65 Å². The molecule has 3 heterocycles. The van der Waals surface area contributed by atoms with Gasteiger partial charge in [-0.3, -0.25) is 4.79 Å². The molecule has 0 radical (unpaired) electrons. The van der Waals surface area contributed by atoms with Gasteiger partial charge in [0, 0.05) is 30.0 Å². The van der Waals surface area contributed by atoms with Crippen molar-refractivity contribution in [3.63, 3.8) is 0 Å². The molecule has 1 fully saturated rings. The number of piperidine rings is 1. The lowest BCUT2D eigenvalue weighted by Gasteiger charge is -2.31. The topological polar surface area (TPSA) is 83.8 Å². The van der Waals surface area contributed by atoms with Gasteiger partial charge >= 0.3 is 0 Å². The number of benzene rings is 1. The van der Waals surface area contributed by atoms with E-state index in [4.69, 9.17) is 0 Å². The predicted molar refractivity (Wildman–Crippen MR) is 117 cm³/mol. The third kappa shape index (κ3) is 4.43. The number of fused-ring (bicyclic) bond motifs is 1. The second-order valence-electron chi connectivity index (χ2n) is 7.58. The first kappa shape index (κ1) is 21.0. The predicted octanol–water partition coefficient (Wildman–Crippen LogP) is 3.12. The van der Waals surface area contributed by atoms with Crippen molar-refractivity contribution in [2.45, 2.75) is 31.2 Å². The molecule has 1 unspecified atom stereocenters. The molecule has 30 heavy (non-hydrogen) atoms. The van der Waals surface area contributed by atoms with E-state index in [9.17, 15) is 13.2 Å². The van der Waals surface area contributed by atoms with Crippen molar-refractivity contribution in [3.05, 3.63) is 64.5 Å². The van der Waals surface area contributed by atoms with Gasteiger partial charge in [-0.15, -0.1) is 0 Å². The summed E-state index contributed by atoms with van der Waals surface area (Å²) in [5.74, 6) is -0.512. The van der Waals surface area contributed by atoms with E-state index >= 15 is 0 Å². The summed E-state index contributed by atoms with van der Waals surface area (Å²) in [5, 5.41) is 2.92. The van der Waals surface area contributed by atoms with E-state index in [-0.39, 0.29) is 23.3 Å². The highest BCUT2D eigenvalue weighted by molar-refractivity contribution is 9.10. The number of hydrogen-bond acceptors (Lipinski definition) is 4. The minimum absolute atomic E-state index is 0.140. The Bertz CT molecular complexity index is 1170. The van der Waals surface area contributed by atoms with Crippen molar-refractivity contribution in [1.82, 2.24) is 19.0 Å². The van der Waals surface area contributed by atoms with E-state index < -0.39 is 10.0 Å². The molecule has 0 spiro atoms. The van der Waals surface area contributed by atoms with Crippen molar-refractivity contribution in [2.75, 3.05) is 13.1 Å². The molecule has 1 aromatic carbocycles. The zero-order valence-corrected chi connectivity index (χ0v) is 19.0. The van der Waals surface area contributed by atoms with Crippen LogP contribution in [0.3, 0.4) is 0 Å². The van der Waals surface area contributed by atoms with Gasteiger partial charge in [-0.25, -0.2) is 13.4 Å². The Hall–Kier alpha value is -2.23. The largest absolute Gasteiger partial charge is 0.350 e. The third-order valence-electron chi connectivity index (χ3n) is 5.32. The maximum atomic E-state index is 12.9. The van der Waals surface area contributed by atoms with Crippen LogP contribution in [-0.4, -0.2) is 41.1 Å². The zero-order valence-electron chi connectivity index (χ0n) is 16.6. The molecule has 1 saturated heterocycles. The number of pyridine rings is 1. The lowest BCUT2D eigenvalue weighted by atomic mass is 9.99. The molecule has 2 aromatic heterocycles. The maximum Gasteiger partial charge on any atom is 0.243 e. The van der Waals surface area contributed by atoms with Gasteiger partial charge in [0.25, 0.3) is 0 Å². The SMILES string of the molecule is Cc1ccn2cc(CNC(=O)C3CCCN(S(=O)(=O)c4ccc(Br)cc4)C3)nc2c1. The average Bonchev–Trinajstić information content (AvgIpc) is 3.14. The zero-order chi connectivity index (χ0) is 21.3. The number of nitrogens with one attached hydrogen (secondary N) is 1. The van der Waals surface area contributed by atoms with Crippen LogP contribution in [0.25, 0.3) is 5.65 Å². The highest BCUT2D eigenvalue weighted by Crippen LogP contribution is 2.25. The van der Waals surface area contributed by atoms with Crippen LogP contribution in [0.15, 0.2) is 58.2 Å². The van der Waals surface area contributed by atoms with Crippen molar-refractivity contribution in [2.24, 2.45) is 5.92 Å². The smallest absolute Gasteiger partial charge is 0.243 e. The van der Waals surface area contributed by atoms with Crippen LogP contribution in [0.5, 0.6) is 0 Å². The third-order valence-corrected chi connectivity index (χ3v) is 7.72. The molecule has 1 aliphatic heterocycles. The first-order chi connectivity index (χ1) is 14.3. The molecule has 1 N–H and O–H groups in total. The molecule has 158 valence electrons. The van der Waals surface area contributed by atoms with Crippen molar-refractivity contribution >= 4 is 37.5 Å².